The number of ether oxygens (including phenoxy) is 3. The fourth-order valence-electron chi connectivity index (χ4n) is 3.71. The van der Waals surface area contributed by atoms with Crippen molar-refractivity contribution in [2.45, 2.75) is 52.1 Å². The van der Waals surface area contributed by atoms with Crippen LogP contribution in [0.15, 0.2) is 30.3 Å². The Bertz CT molecular complexity index is 934. The number of aromatic hydroxyl groups is 1. The van der Waals surface area contributed by atoms with Crippen molar-refractivity contribution in [2.24, 2.45) is 0 Å². The number of Topliss-reactive ketones (excluding diaryl/α,β-unsaturated/α-hetero) is 1. The molecular formula is C24H28O6. The van der Waals surface area contributed by atoms with E-state index in [0.717, 1.165) is 29.7 Å². The molecule has 2 aromatic rings. The third-order valence-electron chi connectivity index (χ3n) is 5.26. The highest BCUT2D eigenvalue weighted by Crippen LogP contribution is 2.34. The minimum Gasteiger partial charge on any atom is -0.507 e. The van der Waals surface area contributed by atoms with Crippen molar-refractivity contribution < 1.29 is 28.9 Å². The molecule has 6 nitrogen and oxygen atoms in total. The molecule has 2 aromatic carbocycles. The molecule has 1 atom stereocenters. The first-order valence-electron chi connectivity index (χ1n) is 10.3. The van der Waals surface area contributed by atoms with E-state index in [-0.39, 0.29) is 30.0 Å². The maximum atomic E-state index is 11.7. The summed E-state index contributed by atoms with van der Waals surface area (Å²) < 4.78 is 16.7. The maximum absolute atomic E-state index is 11.7. The van der Waals surface area contributed by atoms with Crippen molar-refractivity contribution in [3.63, 3.8) is 0 Å². The average molecular weight is 412 g/mol. The number of benzene rings is 2. The molecule has 0 spiro atoms. The molecule has 0 bridgehead atoms. The van der Waals surface area contributed by atoms with E-state index in [0.29, 0.717) is 36.3 Å². The largest absolute Gasteiger partial charge is 0.507 e. The zero-order valence-corrected chi connectivity index (χ0v) is 17.7. The molecule has 0 saturated carbocycles. The maximum Gasteiger partial charge on any atom is 0.309 e. The fraction of sp³-hybridized carbons (Fsp3) is 0.417. The molecule has 1 N–H and O–H groups in total. The van der Waals surface area contributed by atoms with Crippen molar-refractivity contribution in [3.8, 4) is 17.2 Å². The zero-order valence-electron chi connectivity index (χ0n) is 17.7. The van der Waals surface area contributed by atoms with E-state index in [1.54, 1.807) is 12.1 Å². The van der Waals surface area contributed by atoms with Gasteiger partial charge in [-0.25, -0.2) is 0 Å². The van der Waals surface area contributed by atoms with E-state index in [1.165, 1.54) is 14.0 Å². The molecule has 1 unspecified atom stereocenters. The Morgan fingerprint density at radius 2 is 2.03 bits per heavy atom. The van der Waals surface area contributed by atoms with Gasteiger partial charge in [0, 0.05) is 18.4 Å². The molecular weight excluding hydrogens is 384 g/mol. The lowest BCUT2D eigenvalue weighted by atomic mass is 10.0. The molecule has 0 radical (unpaired) electrons. The number of esters is 1. The fourth-order valence-corrected chi connectivity index (χ4v) is 3.71. The summed E-state index contributed by atoms with van der Waals surface area (Å²) in [5.74, 6) is 1.03. The molecule has 1 aliphatic rings. The van der Waals surface area contributed by atoms with Crippen molar-refractivity contribution in [1.82, 2.24) is 0 Å². The number of hydrogen-bond donors (Lipinski definition) is 1. The second kappa shape index (κ2) is 9.65. The van der Waals surface area contributed by atoms with Crippen LogP contribution in [0.4, 0.5) is 0 Å². The molecule has 1 aliphatic heterocycles. The molecule has 160 valence electrons. The highest BCUT2D eigenvalue weighted by Gasteiger charge is 2.24. The Morgan fingerprint density at radius 3 is 2.73 bits per heavy atom. The van der Waals surface area contributed by atoms with E-state index >= 15 is 0 Å². The summed E-state index contributed by atoms with van der Waals surface area (Å²) in [7, 11) is 1.38. The lowest BCUT2D eigenvalue weighted by molar-refractivity contribution is -0.139. The van der Waals surface area contributed by atoms with Gasteiger partial charge < -0.3 is 19.3 Å². The van der Waals surface area contributed by atoms with Gasteiger partial charge in [0.15, 0.2) is 5.78 Å². The summed E-state index contributed by atoms with van der Waals surface area (Å²) in [6.45, 7) is 3.89. The molecule has 0 fully saturated rings. The van der Waals surface area contributed by atoms with Crippen molar-refractivity contribution >= 4 is 11.8 Å². The minimum absolute atomic E-state index is 0.00640. The van der Waals surface area contributed by atoms with Crippen molar-refractivity contribution in [1.29, 1.82) is 0 Å². The van der Waals surface area contributed by atoms with Crippen LogP contribution in [-0.4, -0.2) is 36.7 Å². The number of fused-ring (bicyclic) bond motifs is 1. The van der Waals surface area contributed by atoms with Gasteiger partial charge in [0.25, 0.3) is 0 Å². The number of rotatable bonds is 9. The number of hydrogen-bond acceptors (Lipinski definition) is 6. The quantitative estimate of drug-likeness (QED) is 0.495. The first kappa shape index (κ1) is 21.7. The third-order valence-corrected chi connectivity index (χ3v) is 5.26. The normalized spacial score (nSPS) is 14.7. The second-order valence-electron chi connectivity index (χ2n) is 7.52. The van der Waals surface area contributed by atoms with E-state index < -0.39 is 0 Å². The van der Waals surface area contributed by atoms with Gasteiger partial charge in [0.05, 0.1) is 25.7 Å². The van der Waals surface area contributed by atoms with E-state index in [4.69, 9.17) is 14.2 Å². The Hall–Kier alpha value is -3.02. The van der Waals surface area contributed by atoms with Gasteiger partial charge in [0.2, 0.25) is 0 Å². The van der Waals surface area contributed by atoms with Crippen LogP contribution >= 0.6 is 0 Å². The lowest BCUT2D eigenvalue weighted by Gasteiger charge is -2.16. The highest BCUT2D eigenvalue weighted by molar-refractivity contribution is 5.97. The molecule has 0 saturated heterocycles. The summed E-state index contributed by atoms with van der Waals surface area (Å²) in [6.07, 6.45) is 3.15. The van der Waals surface area contributed by atoms with E-state index in [9.17, 15) is 14.7 Å². The number of ketones is 1. The standard InChI is InChI=1S/C24H28O6/c1-4-5-20-22(9-7-19(15(2)25)24(20)27)29-11-10-18-14-17-12-16(13-23(26)28-3)6-8-21(17)30-18/h6-9,12,18,27H,4-5,10-11,13-14H2,1-3H3. The van der Waals surface area contributed by atoms with E-state index in [1.807, 2.05) is 25.1 Å². The van der Waals surface area contributed by atoms with Gasteiger partial charge in [-0.15, -0.1) is 0 Å². The summed E-state index contributed by atoms with van der Waals surface area (Å²) >= 11 is 0. The predicted octanol–water partition coefficient (Wildman–Crippen LogP) is 4.04. The van der Waals surface area contributed by atoms with Gasteiger partial charge in [-0.1, -0.05) is 25.5 Å². The number of phenolic OH excluding ortho intramolecular Hbond substituents is 1. The molecule has 0 amide bonds. The summed E-state index contributed by atoms with van der Waals surface area (Å²) in [6, 6.07) is 9.13. The first-order chi connectivity index (χ1) is 14.4. The Balaban J connectivity index is 1.60. The van der Waals surface area contributed by atoms with Crippen LogP contribution in [0, 0.1) is 0 Å². The van der Waals surface area contributed by atoms with Crippen LogP contribution in [0.1, 0.15) is 53.7 Å². The number of methoxy groups -OCH3 is 1. The monoisotopic (exact) mass is 412 g/mol. The first-order valence-corrected chi connectivity index (χ1v) is 10.3. The van der Waals surface area contributed by atoms with Crippen LogP contribution in [0.5, 0.6) is 17.2 Å². The molecule has 3 rings (SSSR count). The highest BCUT2D eigenvalue weighted by atomic mass is 16.5. The van der Waals surface area contributed by atoms with E-state index in [2.05, 4.69) is 0 Å². The van der Waals surface area contributed by atoms with Crippen molar-refractivity contribution in [3.05, 3.63) is 52.6 Å². The Kier molecular flexibility index (Phi) is 6.98. The SMILES string of the molecule is CCCc1c(OCCC2Cc3cc(CC(=O)OC)ccc3O2)ccc(C(C)=O)c1O. The smallest absolute Gasteiger partial charge is 0.309 e. The lowest BCUT2D eigenvalue weighted by Crippen LogP contribution is -2.17. The van der Waals surface area contributed by atoms with Gasteiger partial charge in [-0.3, -0.25) is 9.59 Å². The summed E-state index contributed by atoms with van der Waals surface area (Å²) in [5.41, 5.74) is 2.99. The van der Waals surface area contributed by atoms with Crippen LogP contribution in [0.3, 0.4) is 0 Å². The van der Waals surface area contributed by atoms with Crippen LogP contribution in [0.25, 0.3) is 0 Å². The summed E-state index contributed by atoms with van der Waals surface area (Å²) in [4.78, 5) is 23.2. The molecule has 6 heteroatoms. The molecule has 1 heterocycles. The predicted molar refractivity (Wildman–Crippen MR) is 113 cm³/mol. The molecule has 0 aromatic heterocycles. The molecule has 30 heavy (non-hydrogen) atoms. The second-order valence-corrected chi connectivity index (χ2v) is 7.52. The minimum atomic E-state index is -0.263. The van der Waals surface area contributed by atoms with Gasteiger partial charge in [-0.2, -0.15) is 0 Å². The Labute approximate surface area is 176 Å². The average Bonchev–Trinajstić information content (AvgIpc) is 3.12. The zero-order chi connectivity index (χ0) is 21.7. The van der Waals surface area contributed by atoms with Crippen molar-refractivity contribution in [2.75, 3.05) is 13.7 Å². The third kappa shape index (κ3) is 4.93. The molecule has 0 aliphatic carbocycles. The van der Waals surface area contributed by atoms with Crippen LogP contribution in [-0.2, 0) is 28.8 Å². The Morgan fingerprint density at radius 1 is 1.23 bits per heavy atom. The number of carbonyl (C=O) groups excluding carboxylic acids is 2. The van der Waals surface area contributed by atoms with Crippen LogP contribution in [0.2, 0.25) is 0 Å². The topological polar surface area (TPSA) is 82.1 Å². The van der Waals surface area contributed by atoms with Gasteiger partial charge in [-0.05, 0) is 42.7 Å². The number of phenols is 1. The number of carbonyl (C=O) groups is 2. The van der Waals surface area contributed by atoms with Gasteiger partial charge in [0.1, 0.15) is 23.4 Å². The summed E-state index contributed by atoms with van der Waals surface area (Å²) in [5, 5.41) is 10.4. The van der Waals surface area contributed by atoms with Gasteiger partial charge >= 0.3 is 5.97 Å². The van der Waals surface area contributed by atoms with Crippen LogP contribution < -0.4 is 9.47 Å².